The first-order chi connectivity index (χ1) is 6.70. The summed E-state index contributed by atoms with van der Waals surface area (Å²) in [5, 5.41) is 3.61. The number of rotatable bonds is 9. The maximum absolute atomic E-state index is 3.61. The lowest BCUT2D eigenvalue weighted by atomic mass is 10.0. The Morgan fingerprint density at radius 3 is 2.14 bits per heavy atom. The van der Waals surface area contributed by atoms with Crippen molar-refractivity contribution in [2.45, 2.75) is 72.3 Å². The maximum Gasteiger partial charge on any atom is 0.00644 e. The molecule has 0 radical (unpaired) electrons. The molecule has 0 amide bonds. The van der Waals surface area contributed by atoms with Crippen LogP contribution in [0.3, 0.4) is 0 Å². The maximum atomic E-state index is 3.61. The van der Waals surface area contributed by atoms with Crippen LogP contribution in [0.25, 0.3) is 0 Å². The van der Waals surface area contributed by atoms with Crippen molar-refractivity contribution >= 4 is 0 Å². The summed E-state index contributed by atoms with van der Waals surface area (Å²) in [7, 11) is 0. The molecule has 0 aromatic heterocycles. The summed E-state index contributed by atoms with van der Waals surface area (Å²) in [6.07, 6.45) is 8.09. The molecular weight excluding hydrogens is 170 g/mol. The molecule has 0 rings (SSSR count). The average Bonchev–Trinajstić information content (AvgIpc) is 2.16. The summed E-state index contributed by atoms with van der Waals surface area (Å²) in [5.41, 5.74) is 0. The molecule has 0 heterocycles. The van der Waals surface area contributed by atoms with Crippen LogP contribution in [0.15, 0.2) is 0 Å². The molecule has 0 aromatic rings. The molecule has 86 valence electrons. The molecule has 0 saturated carbocycles. The lowest BCUT2D eigenvalue weighted by Crippen LogP contribution is -2.28. The summed E-state index contributed by atoms with van der Waals surface area (Å²) < 4.78 is 0. The van der Waals surface area contributed by atoms with Crippen molar-refractivity contribution in [3.05, 3.63) is 0 Å². The van der Waals surface area contributed by atoms with Crippen LogP contribution in [0.4, 0.5) is 0 Å². The average molecular weight is 199 g/mol. The van der Waals surface area contributed by atoms with Gasteiger partial charge in [-0.15, -0.1) is 0 Å². The van der Waals surface area contributed by atoms with Gasteiger partial charge in [-0.1, -0.05) is 47.0 Å². The van der Waals surface area contributed by atoms with Gasteiger partial charge in [0.1, 0.15) is 0 Å². The zero-order valence-corrected chi connectivity index (χ0v) is 10.6. The molecule has 0 saturated heterocycles. The molecule has 0 fully saturated rings. The van der Waals surface area contributed by atoms with Gasteiger partial charge in [-0.2, -0.15) is 0 Å². The van der Waals surface area contributed by atoms with Crippen LogP contribution < -0.4 is 5.32 Å². The van der Waals surface area contributed by atoms with Crippen LogP contribution in [0.5, 0.6) is 0 Å². The summed E-state index contributed by atoms with van der Waals surface area (Å²) >= 11 is 0. The first kappa shape index (κ1) is 14.0. The van der Waals surface area contributed by atoms with Crippen LogP contribution in [0.2, 0.25) is 0 Å². The molecule has 0 aliphatic carbocycles. The van der Waals surface area contributed by atoms with Gasteiger partial charge in [0.15, 0.2) is 0 Å². The van der Waals surface area contributed by atoms with Gasteiger partial charge in [0.05, 0.1) is 0 Å². The molecule has 1 unspecified atom stereocenters. The lowest BCUT2D eigenvalue weighted by molar-refractivity contribution is 0.433. The fourth-order valence-electron chi connectivity index (χ4n) is 1.74. The van der Waals surface area contributed by atoms with E-state index in [4.69, 9.17) is 0 Å². The van der Waals surface area contributed by atoms with Crippen molar-refractivity contribution in [3.8, 4) is 0 Å². The van der Waals surface area contributed by atoms with E-state index >= 15 is 0 Å². The normalized spacial score (nSPS) is 13.5. The molecule has 0 aromatic carbocycles. The van der Waals surface area contributed by atoms with Crippen molar-refractivity contribution in [2.24, 2.45) is 5.92 Å². The minimum absolute atomic E-state index is 0.766. The van der Waals surface area contributed by atoms with E-state index in [9.17, 15) is 0 Å². The first-order valence-corrected chi connectivity index (χ1v) is 6.44. The van der Waals surface area contributed by atoms with Crippen molar-refractivity contribution in [3.63, 3.8) is 0 Å². The summed E-state index contributed by atoms with van der Waals surface area (Å²) in [6, 6.07) is 0.766. The van der Waals surface area contributed by atoms with Gasteiger partial charge in [-0.25, -0.2) is 0 Å². The highest BCUT2D eigenvalue weighted by Crippen LogP contribution is 2.10. The van der Waals surface area contributed by atoms with Crippen molar-refractivity contribution in [1.29, 1.82) is 0 Å². The summed E-state index contributed by atoms with van der Waals surface area (Å²) in [4.78, 5) is 0. The van der Waals surface area contributed by atoms with E-state index in [1.54, 1.807) is 0 Å². The van der Waals surface area contributed by atoms with Gasteiger partial charge in [0, 0.05) is 6.04 Å². The molecule has 14 heavy (non-hydrogen) atoms. The highest BCUT2D eigenvalue weighted by atomic mass is 14.9. The third-order valence-corrected chi connectivity index (χ3v) is 2.76. The van der Waals surface area contributed by atoms with Crippen LogP contribution in [0.1, 0.15) is 66.2 Å². The second kappa shape index (κ2) is 9.51. The monoisotopic (exact) mass is 199 g/mol. The number of hydrogen-bond acceptors (Lipinski definition) is 1. The summed E-state index contributed by atoms with van der Waals surface area (Å²) in [6.45, 7) is 10.3. The van der Waals surface area contributed by atoms with Crippen LogP contribution >= 0.6 is 0 Å². The van der Waals surface area contributed by atoms with Crippen LogP contribution in [-0.2, 0) is 0 Å². The fraction of sp³-hybridized carbons (Fsp3) is 1.00. The fourth-order valence-corrected chi connectivity index (χ4v) is 1.74. The molecular formula is C13H29N. The predicted molar refractivity (Wildman–Crippen MR) is 65.7 cm³/mol. The standard InChI is InChI=1S/C13H29N/c1-5-11-14-13(6-2)10-8-7-9-12(3)4/h12-14H,5-11H2,1-4H3. The molecule has 1 heteroatoms. The van der Waals surface area contributed by atoms with Gasteiger partial charge >= 0.3 is 0 Å². The Kier molecular flexibility index (Phi) is 9.49. The van der Waals surface area contributed by atoms with E-state index in [2.05, 4.69) is 33.0 Å². The molecule has 0 aliphatic heterocycles. The molecule has 0 spiro atoms. The zero-order chi connectivity index (χ0) is 10.8. The second-order valence-corrected chi connectivity index (χ2v) is 4.74. The van der Waals surface area contributed by atoms with Crippen molar-refractivity contribution in [1.82, 2.24) is 5.32 Å². The van der Waals surface area contributed by atoms with E-state index in [0.29, 0.717) is 0 Å². The van der Waals surface area contributed by atoms with Crippen molar-refractivity contribution < 1.29 is 0 Å². The van der Waals surface area contributed by atoms with Gasteiger partial charge in [0.25, 0.3) is 0 Å². The Labute approximate surface area is 90.7 Å². The Hall–Kier alpha value is -0.0400. The highest BCUT2D eigenvalue weighted by molar-refractivity contribution is 4.64. The minimum Gasteiger partial charge on any atom is -0.314 e. The number of unbranched alkanes of at least 4 members (excludes halogenated alkanes) is 1. The topological polar surface area (TPSA) is 12.0 Å². The number of nitrogens with one attached hydrogen (secondary N) is 1. The minimum atomic E-state index is 0.766. The smallest absolute Gasteiger partial charge is 0.00644 e. The molecule has 1 nitrogen and oxygen atoms in total. The summed E-state index contributed by atoms with van der Waals surface area (Å²) in [5.74, 6) is 0.874. The van der Waals surface area contributed by atoms with E-state index in [0.717, 1.165) is 12.0 Å². The Morgan fingerprint density at radius 2 is 1.64 bits per heavy atom. The first-order valence-electron chi connectivity index (χ1n) is 6.44. The van der Waals surface area contributed by atoms with Gasteiger partial charge in [0.2, 0.25) is 0 Å². The van der Waals surface area contributed by atoms with Gasteiger partial charge in [-0.05, 0) is 31.7 Å². The Balaban J connectivity index is 3.33. The Bertz CT molecular complexity index is 110. The Morgan fingerprint density at radius 1 is 1.00 bits per heavy atom. The van der Waals surface area contributed by atoms with E-state index in [-0.39, 0.29) is 0 Å². The third-order valence-electron chi connectivity index (χ3n) is 2.76. The van der Waals surface area contributed by atoms with Crippen LogP contribution in [-0.4, -0.2) is 12.6 Å². The van der Waals surface area contributed by atoms with E-state index in [1.165, 1.54) is 45.1 Å². The predicted octanol–water partition coefficient (Wildman–Crippen LogP) is 3.98. The SMILES string of the molecule is CCCNC(CC)CCCCC(C)C. The quantitative estimate of drug-likeness (QED) is 0.554. The van der Waals surface area contributed by atoms with E-state index < -0.39 is 0 Å². The van der Waals surface area contributed by atoms with Crippen molar-refractivity contribution in [2.75, 3.05) is 6.54 Å². The molecule has 0 bridgehead atoms. The highest BCUT2D eigenvalue weighted by Gasteiger charge is 2.04. The second-order valence-electron chi connectivity index (χ2n) is 4.74. The van der Waals surface area contributed by atoms with E-state index in [1.807, 2.05) is 0 Å². The molecule has 1 atom stereocenters. The lowest BCUT2D eigenvalue weighted by Gasteiger charge is -2.16. The number of hydrogen-bond donors (Lipinski definition) is 1. The molecule has 0 aliphatic rings. The zero-order valence-electron chi connectivity index (χ0n) is 10.6. The van der Waals surface area contributed by atoms with Gasteiger partial charge in [-0.3, -0.25) is 0 Å². The van der Waals surface area contributed by atoms with Crippen LogP contribution in [0, 0.1) is 5.92 Å². The molecule has 1 N–H and O–H groups in total. The third kappa shape index (κ3) is 8.55. The largest absolute Gasteiger partial charge is 0.314 e. The van der Waals surface area contributed by atoms with Gasteiger partial charge < -0.3 is 5.32 Å².